The molecule has 26 heavy (non-hydrogen) atoms. The van der Waals surface area contributed by atoms with Gasteiger partial charge in [-0.05, 0) is 55.8 Å². The van der Waals surface area contributed by atoms with Gasteiger partial charge in [0.05, 0.1) is 6.54 Å². The number of likely N-dealkylation sites (tertiary alicyclic amines) is 1. The van der Waals surface area contributed by atoms with Crippen LogP contribution in [0.5, 0.6) is 0 Å². The van der Waals surface area contributed by atoms with Gasteiger partial charge in [0.15, 0.2) is 0 Å². The van der Waals surface area contributed by atoms with Crippen LogP contribution in [0.4, 0.5) is 4.39 Å². The van der Waals surface area contributed by atoms with Crippen LogP contribution in [0.15, 0.2) is 42.5 Å². The number of pyridine rings is 1. The smallest absolute Gasteiger partial charge is 0.236 e. The number of halogens is 1. The van der Waals surface area contributed by atoms with Crippen LogP contribution in [0.25, 0.3) is 0 Å². The van der Waals surface area contributed by atoms with Gasteiger partial charge in [0, 0.05) is 37.8 Å². The van der Waals surface area contributed by atoms with Crippen molar-refractivity contribution in [1.29, 1.82) is 0 Å². The maximum absolute atomic E-state index is 13.4. The summed E-state index contributed by atoms with van der Waals surface area (Å²) in [6, 6.07) is 12.8. The van der Waals surface area contributed by atoms with Crippen molar-refractivity contribution in [3.63, 3.8) is 0 Å². The molecule has 1 aliphatic heterocycles. The molecule has 1 fully saturated rings. The van der Waals surface area contributed by atoms with E-state index in [2.05, 4.69) is 11.0 Å². The molecule has 1 aromatic heterocycles. The van der Waals surface area contributed by atoms with Crippen molar-refractivity contribution in [1.82, 2.24) is 14.8 Å². The Morgan fingerprint density at radius 3 is 2.62 bits per heavy atom. The van der Waals surface area contributed by atoms with Gasteiger partial charge in [0.2, 0.25) is 5.91 Å². The number of rotatable bonds is 5. The van der Waals surface area contributed by atoms with Crippen molar-refractivity contribution in [2.75, 3.05) is 33.7 Å². The maximum atomic E-state index is 13.4. The quantitative estimate of drug-likeness (QED) is 0.827. The number of hydrogen-bond acceptors (Lipinski definition) is 3. The van der Waals surface area contributed by atoms with Gasteiger partial charge in [-0.1, -0.05) is 18.2 Å². The lowest BCUT2D eigenvalue weighted by Gasteiger charge is -2.31. The molecule has 1 amide bonds. The van der Waals surface area contributed by atoms with Crippen LogP contribution in [0.1, 0.15) is 35.7 Å². The summed E-state index contributed by atoms with van der Waals surface area (Å²) in [6.07, 6.45) is 2.66. The van der Waals surface area contributed by atoms with E-state index in [1.807, 2.05) is 18.2 Å². The van der Waals surface area contributed by atoms with E-state index in [4.69, 9.17) is 4.98 Å². The number of piperidine rings is 1. The lowest BCUT2D eigenvalue weighted by Crippen LogP contribution is -2.40. The lowest BCUT2D eigenvalue weighted by atomic mass is 9.92. The predicted molar refractivity (Wildman–Crippen MR) is 101 cm³/mol. The summed E-state index contributed by atoms with van der Waals surface area (Å²) in [5.74, 6) is 0.366. The van der Waals surface area contributed by atoms with E-state index in [-0.39, 0.29) is 11.7 Å². The second-order valence-electron chi connectivity index (χ2n) is 7.20. The molecule has 0 spiro atoms. The van der Waals surface area contributed by atoms with Crippen LogP contribution in [0.2, 0.25) is 0 Å². The number of likely N-dealkylation sites (N-methyl/N-ethyl adjacent to an activating group) is 1. The Bertz CT molecular complexity index is 754. The molecule has 0 N–H and O–H groups in total. The molecule has 3 rings (SSSR count). The Hall–Kier alpha value is -2.27. The van der Waals surface area contributed by atoms with E-state index in [0.717, 1.165) is 42.9 Å². The van der Waals surface area contributed by atoms with Crippen molar-refractivity contribution >= 4 is 5.91 Å². The number of hydrogen-bond donors (Lipinski definition) is 0. The molecule has 2 aromatic rings. The Morgan fingerprint density at radius 1 is 1.19 bits per heavy atom. The van der Waals surface area contributed by atoms with Gasteiger partial charge in [0.1, 0.15) is 5.82 Å². The van der Waals surface area contributed by atoms with Crippen LogP contribution >= 0.6 is 0 Å². The molecule has 1 aliphatic rings. The first-order valence-corrected chi connectivity index (χ1v) is 9.14. The van der Waals surface area contributed by atoms with E-state index in [9.17, 15) is 9.18 Å². The van der Waals surface area contributed by atoms with Crippen molar-refractivity contribution in [2.24, 2.45) is 0 Å². The molecule has 0 aliphatic carbocycles. The Morgan fingerprint density at radius 2 is 1.92 bits per heavy atom. The molecule has 5 heteroatoms. The summed E-state index contributed by atoms with van der Waals surface area (Å²) >= 11 is 0. The van der Waals surface area contributed by atoms with Crippen LogP contribution in [0.3, 0.4) is 0 Å². The summed E-state index contributed by atoms with van der Waals surface area (Å²) in [6.45, 7) is 2.33. The zero-order valence-electron chi connectivity index (χ0n) is 15.5. The minimum atomic E-state index is -0.210. The average molecular weight is 355 g/mol. The molecule has 2 heterocycles. The normalized spacial score (nSPS) is 15.8. The number of amides is 1. The summed E-state index contributed by atoms with van der Waals surface area (Å²) in [5.41, 5.74) is 3.02. The summed E-state index contributed by atoms with van der Waals surface area (Å²) in [7, 11) is 3.59. The van der Waals surface area contributed by atoms with Gasteiger partial charge in [-0.3, -0.25) is 14.7 Å². The van der Waals surface area contributed by atoms with Crippen molar-refractivity contribution < 1.29 is 9.18 Å². The highest BCUT2D eigenvalue weighted by Crippen LogP contribution is 2.27. The number of aromatic nitrogens is 1. The molecular weight excluding hydrogens is 329 g/mol. The standard InChI is InChI=1S/C21H26FN3O/c1-24(2)21(26)15-25-11-9-17(10-12-25)20-8-4-7-19(23-20)14-16-5-3-6-18(22)13-16/h3-8,13,17H,9-12,14-15H2,1-2H3. The number of carbonyl (C=O) groups excluding carboxylic acids is 1. The molecule has 0 radical (unpaired) electrons. The Balaban J connectivity index is 1.60. The molecule has 1 saturated heterocycles. The zero-order valence-corrected chi connectivity index (χ0v) is 15.5. The molecule has 138 valence electrons. The highest BCUT2D eigenvalue weighted by atomic mass is 19.1. The number of benzene rings is 1. The van der Waals surface area contributed by atoms with Crippen molar-refractivity contribution in [2.45, 2.75) is 25.2 Å². The highest BCUT2D eigenvalue weighted by Gasteiger charge is 2.23. The van der Waals surface area contributed by atoms with Gasteiger partial charge in [0.25, 0.3) is 0 Å². The van der Waals surface area contributed by atoms with Crippen LogP contribution < -0.4 is 0 Å². The van der Waals surface area contributed by atoms with Gasteiger partial charge < -0.3 is 4.90 Å². The van der Waals surface area contributed by atoms with E-state index in [0.29, 0.717) is 18.9 Å². The fraction of sp³-hybridized carbons (Fsp3) is 0.429. The van der Waals surface area contributed by atoms with E-state index in [1.165, 1.54) is 6.07 Å². The summed E-state index contributed by atoms with van der Waals surface area (Å²) < 4.78 is 13.4. The van der Waals surface area contributed by atoms with Crippen LogP contribution in [-0.4, -0.2) is 54.4 Å². The lowest BCUT2D eigenvalue weighted by molar-refractivity contribution is -0.130. The number of carbonyl (C=O) groups is 1. The van der Waals surface area contributed by atoms with Crippen LogP contribution in [0, 0.1) is 5.82 Å². The Labute approximate surface area is 154 Å². The third-order valence-corrected chi connectivity index (χ3v) is 4.97. The first kappa shape index (κ1) is 18.5. The topological polar surface area (TPSA) is 36.4 Å². The minimum absolute atomic E-state index is 0.152. The minimum Gasteiger partial charge on any atom is -0.348 e. The first-order valence-electron chi connectivity index (χ1n) is 9.14. The fourth-order valence-corrected chi connectivity index (χ4v) is 3.40. The second-order valence-corrected chi connectivity index (χ2v) is 7.20. The largest absolute Gasteiger partial charge is 0.348 e. The molecule has 0 saturated carbocycles. The molecule has 1 aromatic carbocycles. The first-order chi connectivity index (χ1) is 12.5. The van der Waals surface area contributed by atoms with E-state index in [1.54, 1.807) is 31.1 Å². The van der Waals surface area contributed by atoms with Crippen LogP contribution in [-0.2, 0) is 11.2 Å². The fourth-order valence-electron chi connectivity index (χ4n) is 3.40. The third-order valence-electron chi connectivity index (χ3n) is 4.97. The Kier molecular flexibility index (Phi) is 5.99. The average Bonchev–Trinajstić information content (AvgIpc) is 2.62. The molecule has 0 unspecified atom stereocenters. The van der Waals surface area contributed by atoms with Crippen molar-refractivity contribution in [3.8, 4) is 0 Å². The van der Waals surface area contributed by atoms with Gasteiger partial charge in [-0.25, -0.2) is 4.39 Å². The van der Waals surface area contributed by atoms with Gasteiger partial charge in [-0.2, -0.15) is 0 Å². The summed E-state index contributed by atoms with van der Waals surface area (Å²) in [5, 5.41) is 0. The highest BCUT2D eigenvalue weighted by molar-refractivity contribution is 5.77. The SMILES string of the molecule is CN(C)C(=O)CN1CCC(c2cccc(Cc3cccc(F)c3)n2)CC1. The predicted octanol–water partition coefficient (Wildman–Crippen LogP) is 3.08. The summed E-state index contributed by atoms with van der Waals surface area (Å²) in [4.78, 5) is 20.5. The van der Waals surface area contributed by atoms with Gasteiger partial charge >= 0.3 is 0 Å². The zero-order chi connectivity index (χ0) is 18.5. The van der Waals surface area contributed by atoms with E-state index < -0.39 is 0 Å². The molecule has 4 nitrogen and oxygen atoms in total. The second kappa shape index (κ2) is 8.41. The maximum Gasteiger partial charge on any atom is 0.236 e. The van der Waals surface area contributed by atoms with Gasteiger partial charge in [-0.15, -0.1) is 0 Å². The molecule has 0 bridgehead atoms. The number of nitrogens with zero attached hydrogens (tertiary/aromatic N) is 3. The monoisotopic (exact) mass is 355 g/mol. The molecular formula is C21H26FN3O. The third kappa shape index (κ3) is 4.88. The van der Waals surface area contributed by atoms with Crippen molar-refractivity contribution in [3.05, 3.63) is 65.2 Å². The molecule has 0 atom stereocenters. The van der Waals surface area contributed by atoms with E-state index >= 15 is 0 Å².